The van der Waals surface area contributed by atoms with E-state index in [1.54, 1.807) is 0 Å². The molecule has 0 saturated carbocycles. The Morgan fingerprint density at radius 3 is 2.14 bits per heavy atom. The summed E-state index contributed by atoms with van der Waals surface area (Å²) in [5, 5.41) is 0. The zero-order valence-electron chi connectivity index (χ0n) is 13.1. The van der Waals surface area contributed by atoms with Crippen molar-refractivity contribution in [3.63, 3.8) is 0 Å². The van der Waals surface area contributed by atoms with E-state index in [9.17, 15) is 9.59 Å². The second-order valence-electron chi connectivity index (χ2n) is 6.55. The van der Waals surface area contributed by atoms with Gasteiger partial charge >= 0.3 is 0 Å². The molecular weight excluding hydrogens is 276 g/mol. The minimum absolute atomic E-state index is 0.173. The molecule has 0 saturated heterocycles. The molecular formula is C18H26N2O2. The average Bonchev–Trinajstić information content (AvgIpc) is 2.45. The molecule has 2 amide bonds. The molecule has 1 aliphatic rings. The highest BCUT2D eigenvalue weighted by Gasteiger charge is 2.38. The molecule has 120 valence electrons. The van der Waals surface area contributed by atoms with Crippen molar-refractivity contribution in [3.05, 3.63) is 35.4 Å². The fraction of sp³-hybridized carbons (Fsp3) is 0.556. The van der Waals surface area contributed by atoms with E-state index < -0.39 is 5.41 Å². The van der Waals surface area contributed by atoms with Gasteiger partial charge < -0.3 is 11.5 Å². The Bertz CT molecular complexity index is 518. The van der Waals surface area contributed by atoms with Crippen LogP contribution in [0.1, 0.15) is 56.1 Å². The first-order chi connectivity index (χ1) is 10.5. The zero-order chi connectivity index (χ0) is 16.0. The molecule has 22 heavy (non-hydrogen) atoms. The summed E-state index contributed by atoms with van der Waals surface area (Å²) in [5.74, 6) is -0.399. The first-order valence-electron chi connectivity index (χ1n) is 8.18. The molecule has 0 unspecified atom stereocenters. The second-order valence-corrected chi connectivity index (χ2v) is 6.55. The number of carbonyl (C=O) groups is 2. The van der Waals surface area contributed by atoms with Crippen molar-refractivity contribution >= 4 is 11.8 Å². The molecule has 4 nitrogen and oxygen atoms in total. The molecule has 0 heterocycles. The average molecular weight is 302 g/mol. The highest BCUT2D eigenvalue weighted by molar-refractivity contribution is 5.82. The van der Waals surface area contributed by atoms with Gasteiger partial charge in [-0.15, -0.1) is 0 Å². The van der Waals surface area contributed by atoms with E-state index >= 15 is 0 Å². The molecule has 0 aromatic heterocycles. The molecule has 2 rings (SSSR count). The van der Waals surface area contributed by atoms with E-state index in [-0.39, 0.29) is 11.8 Å². The van der Waals surface area contributed by atoms with Crippen LogP contribution in [0.2, 0.25) is 0 Å². The van der Waals surface area contributed by atoms with Gasteiger partial charge in [0.25, 0.3) is 0 Å². The quantitative estimate of drug-likeness (QED) is 0.687. The maximum absolute atomic E-state index is 12.0. The van der Waals surface area contributed by atoms with E-state index in [4.69, 9.17) is 11.5 Å². The number of fused-ring (bicyclic) bond motifs is 2. The predicted molar refractivity (Wildman–Crippen MR) is 87.0 cm³/mol. The summed E-state index contributed by atoms with van der Waals surface area (Å²) in [6.45, 7) is 0. The molecule has 4 heteroatoms. The lowest BCUT2D eigenvalue weighted by molar-refractivity contribution is -0.128. The third-order valence-corrected chi connectivity index (χ3v) is 4.68. The summed E-state index contributed by atoms with van der Waals surface area (Å²) >= 11 is 0. The van der Waals surface area contributed by atoms with Crippen LogP contribution in [0.25, 0.3) is 0 Å². The Labute approximate surface area is 132 Å². The minimum Gasteiger partial charge on any atom is -0.370 e. The summed E-state index contributed by atoms with van der Waals surface area (Å²) in [7, 11) is 0. The van der Waals surface area contributed by atoms with Crippen LogP contribution in [-0.2, 0) is 22.4 Å². The molecule has 1 aliphatic carbocycles. The van der Waals surface area contributed by atoms with Crippen LogP contribution >= 0.6 is 0 Å². The Hall–Kier alpha value is -1.84. The number of primary amides is 2. The lowest BCUT2D eigenvalue weighted by Crippen LogP contribution is -2.42. The van der Waals surface area contributed by atoms with Crippen LogP contribution in [0.5, 0.6) is 0 Å². The van der Waals surface area contributed by atoms with Gasteiger partial charge in [0.2, 0.25) is 11.8 Å². The highest BCUT2D eigenvalue weighted by atomic mass is 16.1. The minimum atomic E-state index is -0.409. The number of hydrogen-bond acceptors (Lipinski definition) is 2. The van der Waals surface area contributed by atoms with E-state index in [2.05, 4.69) is 18.2 Å². The topological polar surface area (TPSA) is 86.2 Å². The molecule has 1 aromatic rings. The Morgan fingerprint density at radius 2 is 1.55 bits per heavy atom. The van der Waals surface area contributed by atoms with Gasteiger partial charge in [0.05, 0.1) is 5.41 Å². The normalized spacial score (nSPS) is 15.5. The predicted octanol–water partition coefficient (Wildman–Crippen LogP) is 2.47. The number of amides is 2. The van der Waals surface area contributed by atoms with Crippen molar-refractivity contribution in [2.45, 2.75) is 57.8 Å². The third-order valence-electron chi connectivity index (χ3n) is 4.68. The number of unbranched alkanes of at least 4 members (excludes halogenated alkanes) is 4. The van der Waals surface area contributed by atoms with Crippen molar-refractivity contribution in [2.75, 3.05) is 0 Å². The summed E-state index contributed by atoms with van der Waals surface area (Å²) in [5.41, 5.74) is 12.9. The van der Waals surface area contributed by atoms with Crippen LogP contribution in [0, 0.1) is 5.41 Å². The standard InChI is InChI=1S/C18H26N2O2/c19-16(21)9-4-2-1-3-5-10-18(17(20)22)12-14-7-6-8-15(11-14)13-18/h6-8,11H,1-5,9-10,12-13H2,(H2,19,21)(H2,20,22). The van der Waals surface area contributed by atoms with E-state index in [1.807, 2.05) is 6.07 Å². The summed E-state index contributed by atoms with van der Waals surface area (Å²) in [4.78, 5) is 22.7. The van der Waals surface area contributed by atoms with Gasteiger partial charge in [-0.3, -0.25) is 9.59 Å². The largest absolute Gasteiger partial charge is 0.370 e. The van der Waals surface area contributed by atoms with Gasteiger partial charge in [-0.2, -0.15) is 0 Å². The summed E-state index contributed by atoms with van der Waals surface area (Å²) in [6, 6.07) is 8.37. The Morgan fingerprint density at radius 1 is 0.955 bits per heavy atom. The molecule has 0 atom stereocenters. The first-order valence-corrected chi connectivity index (χ1v) is 8.18. The first kappa shape index (κ1) is 16.5. The number of rotatable bonds is 9. The number of nitrogens with two attached hydrogens (primary N) is 2. The smallest absolute Gasteiger partial charge is 0.224 e. The van der Waals surface area contributed by atoms with Crippen molar-refractivity contribution in [2.24, 2.45) is 16.9 Å². The summed E-state index contributed by atoms with van der Waals surface area (Å²) < 4.78 is 0. The van der Waals surface area contributed by atoms with Gasteiger partial charge in [-0.25, -0.2) is 0 Å². The van der Waals surface area contributed by atoms with Crippen molar-refractivity contribution in [1.29, 1.82) is 0 Å². The van der Waals surface area contributed by atoms with Gasteiger partial charge in [-0.1, -0.05) is 49.9 Å². The lowest BCUT2D eigenvalue weighted by atomic mass is 9.69. The fourth-order valence-corrected chi connectivity index (χ4v) is 3.46. The molecule has 0 fully saturated rings. The van der Waals surface area contributed by atoms with Crippen molar-refractivity contribution in [1.82, 2.24) is 0 Å². The van der Waals surface area contributed by atoms with Crippen LogP contribution < -0.4 is 11.5 Å². The summed E-state index contributed by atoms with van der Waals surface area (Å²) in [6.07, 6.45) is 7.88. The van der Waals surface area contributed by atoms with E-state index in [0.29, 0.717) is 6.42 Å². The molecule has 0 spiro atoms. The molecule has 2 bridgehead atoms. The number of benzene rings is 1. The SMILES string of the molecule is NC(=O)CCCCCCCC1(C(N)=O)Cc2cccc(c2)C1. The van der Waals surface area contributed by atoms with E-state index in [1.165, 1.54) is 11.1 Å². The number of carbonyl (C=O) groups excluding carboxylic acids is 2. The van der Waals surface area contributed by atoms with Crippen LogP contribution in [0.15, 0.2) is 24.3 Å². The van der Waals surface area contributed by atoms with Crippen molar-refractivity contribution in [3.8, 4) is 0 Å². The number of hydrogen-bond donors (Lipinski definition) is 2. The fourth-order valence-electron chi connectivity index (χ4n) is 3.46. The molecule has 0 radical (unpaired) electrons. The van der Waals surface area contributed by atoms with Crippen LogP contribution in [-0.4, -0.2) is 11.8 Å². The van der Waals surface area contributed by atoms with Gasteiger partial charge in [0, 0.05) is 6.42 Å². The monoisotopic (exact) mass is 302 g/mol. The Kier molecular flexibility index (Phi) is 5.58. The molecule has 0 aliphatic heterocycles. The van der Waals surface area contributed by atoms with Gasteiger partial charge in [0.15, 0.2) is 0 Å². The Balaban J connectivity index is 1.79. The third kappa shape index (κ3) is 4.33. The second kappa shape index (κ2) is 7.43. The maximum Gasteiger partial charge on any atom is 0.224 e. The van der Waals surface area contributed by atoms with Gasteiger partial charge in [-0.05, 0) is 36.8 Å². The van der Waals surface area contributed by atoms with Crippen LogP contribution in [0.4, 0.5) is 0 Å². The van der Waals surface area contributed by atoms with Crippen molar-refractivity contribution < 1.29 is 9.59 Å². The molecule has 1 aromatic carbocycles. The maximum atomic E-state index is 12.0. The van der Waals surface area contributed by atoms with Gasteiger partial charge in [0.1, 0.15) is 0 Å². The van der Waals surface area contributed by atoms with E-state index in [0.717, 1.165) is 51.4 Å². The molecule has 4 N–H and O–H groups in total. The highest BCUT2D eigenvalue weighted by Crippen LogP contribution is 2.37. The zero-order valence-corrected chi connectivity index (χ0v) is 13.1. The van der Waals surface area contributed by atoms with Crippen LogP contribution in [0.3, 0.4) is 0 Å². The lowest BCUT2D eigenvalue weighted by Gasteiger charge is -2.34.